The minimum Gasteiger partial charge on any atom is -0.0847 e. The Morgan fingerprint density at radius 1 is 1.25 bits per heavy atom. The maximum Gasteiger partial charge on any atom is 0.120 e. The molecule has 1 fully saturated rings. The van der Waals surface area contributed by atoms with Gasteiger partial charge in [-0.15, -0.1) is 0 Å². The SMILES string of the molecule is [SH2+]C1CC2C=CC1C2. The first-order valence-corrected chi connectivity index (χ1v) is 3.83. The molecular formula is C7H11S+. The summed E-state index contributed by atoms with van der Waals surface area (Å²) >= 11 is 3.69. The molecule has 0 aromatic carbocycles. The van der Waals surface area contributed by atoms with Gasteiger partial charge < -0.3 is 0 Å². The summed E-state index contributed by atoms with van der Waals surface area (Å²) < 4.78 is 0. The minimum absolute atomic E-state index is 0.796. The third-order valence-electron chi connectivity index (χ3n) is 2.28. The van der Waals surface area contributed by atoms with Gasteiger partial charge in [-0.1, -0.05) is 12.2 Å². The van der Waals surface area contributed by atoms with E-state index >= 15 is 0 Å². The fourth-order valence-corrected chi connectivity index (χ4v) is 2.33. The second-order valence-electron chi connectivity index (χ2n) is 2.89. The predicted octanol–water partition coefficient (Wildman–Crippen LogP) is 0.962. The quantitative estimate of drug-likeness (QED) is 0.336. The summed E-state index contributed by atoms with van der Waals surface area (Å²) in [4.78, 5) is 0. The molecule has 0 radical (unpaired) electrons. The average Bonchev–Trinajstić information content (AvgIpc) is 2.23. The highest BCUT2D eigenvalue weighted by molar-refractivity contribution is 7.59. The van der Waals surface area contributed by atoms with Crippen LogP contribution in [0.1, 0.15) is 12.8 Å². The molecule has 8 heavy (non-hydrogen) atoms. The zero-order chi connectivity index (χ0) is 5.56. The fourth-order valence-electron chi connectivity index (χ4n) is 1.78. The van der Waals surface area contributed by atoms with Gasteiger partial charge in [0, 0.05) is 12.3 Å². The van der Waals surface area contributed by atoms with Crippen molar-refractivity contribution in [2.24, 2.45) is 11.8 Å². The van der Waals surface area contributed by atoms with Crippen LogP contribution in [0.2, 0.25) is 0 Å². The molecule has 3 atom stereocenters. The molecule has 2 bridgehead atoms. The predicted molar refractivity (Wildman–Crippen MR) is 39.3 cm³/mol. The number of hydrogen-bond acceptors (Lipinski definition) is 0. The van der Waals surface area contributed by atoms with Crippen LogP contribution in [0.25, 0.3) is 0 Å². The highest BCUT2D eigenvalue weighted by Gasteiger charge is 2.36. The molecule has 1 heteroatoms. The summed E-state index contributed by atoms with van der Waals surface area (Å²) in [7, 11) is 0. The van der Waals surface area contributed by atoms with Gasteiger partial charge >= 0.3 is 0 Å². The van der Waals surface area contributed by atoms with Crippen molar-refractivity contribution in [3.05, 3.63) is 12.2 Å². The zero-order valence-corrected chi connectivity index (χ0v) is 5.80. The Bertz CT molecular complexity index is 128. The maximum absolute atomic E-state index is 3.69. The Morgan fingerprint density at radius 2 is 2.12 bits per heavy atom. The van der Waals surface area contributed by atoms with Crippen molar-refractivity contribution in [3.8, 4) is 0 Å². The molecule has 44 valence electrons. The van der Waals surface area contributed by atoms with Gasteiger partial charge in [0.2, 0.25) is 0 Å². The topological polar surface area (TPSA) is 0 Å². The maximum atomic E-state index is 3.69. The molecule has 0 aromatic rings. The number of allylic oxidation sites excluding steroid dienone is 2. The van der Waals surface area contributed by atoms with E-state index in [-0.39, 0.29) is 0 Å². The second kappa shape index (κ2) is 1.53. The van der Waals surface area contributed by atoms with Gasteiger partial charge in [-0.2, -0.15) is 0 Å². The van der Waals surface area contributed by atoms with E-state index in [0.717, 1.165) is 17.1 Å². The highest BCUT2D eigenvalue weighted by Crippen LogP contribution is 2.39. The summed E-state index contributed by atoms with van der Waals surface area (Å²) in [6.07, 6.45) is 7.50. The van der Waals surface area contributed by atoms with E-state index in [1.165, 1.54) is 12.8 Å². The molecule has 0 saturated heterocycles. The second-order valence-corrected chi connectivity index (χ2v) is 3.63. The largest absolute Gasteiger partial charge is 0.120 e. The Labute approximate surface area is 55.4 Å². The number of hydrogen-bond donors (Lipinski definition) is 0. The molecule has 0 nitrogen and oxygen atoms in total. The normalized spacial score (nSPS) is 50.9. The molecule has 2 rings (SSSR count). The molecule has 0 aliphatic heterocycles. The van der Waals surface area contributed by atoms with Crippen molar-refractivity contribution in [3.63, 3.8) is 0 Å². The Balaban J connectivity index is 2.23. The third-order valence-corrected chi connectivity index (χ3v) is 2.94. The molecule has 2 aliphatic rings. The summed E-state index contributed by atoms with van der Waals surface area (Å²) in [6.45, 7) is 0. The molecule has 0 aromatic heterocycles. The number of rotatable bonds is 0. The smallest absolute Gasteiger partial charge is 0.0847 e. The summed E-state index contributed by atoms with van der Waals surface area (Å²) in [5.74, 6) is 1.79. The van der Waals surface area contributed by atoms with Gasteiger partial charge in [0.05, 0.1) is 0 Å². The first-order valence-electron chi connectivity index (χ1n) is 3.26. The van der Waals surface area contributed by atoms with Gasteiger partial charge in [0.25, 0.3) is 0 Å². The summed E-state index contributed by atoms with van der Waals surface area (Å²) in [6, 6.07) is 0. The van der Waals surface area contributed by atoms with Gasteiger partial charge in [0.15, 0.2) is 0 Å². The van der Waals surface area contributed by atoms with E-state index < -0.39 is 0 Å². The molecule has 0 heterocycles. The van der Waals surface area contributed by atoms with E-state index in [2.05, 4.69) is 24.8 Å². The lowest BCUT2D eigenvalue weighted by molar-refractivity contribution is 0.692. The van der Waals surface area contributed by atoms with Crippen molar-refractivity contribution in [2.45, 2.75) is 18.1 Å². The van der Waals surface area contributed by atoms with Crippen molar-refractivity contribution < 1.29 is 0 Å². The van der Waals surface area contributed by atoms with E-state index in [1.54, 1.807) is 0 Å². The van der Waals surface area contributed by atoms with Crippen molar-refractivity contribution in [2.75, 3.05) is 0 Å². The van der Waals surface area contributed by atoms with Crippen molar-refractivity contribution >= 4 is 12.6 Å². The Hall–Kier alpha value is 0.0900. The van der Waals surface area contributed by atoms with E-state index in [0.29, 0.717) is 0 Å². The van der Waals surface area contributed by atoms with Gasteiger partial charge in [-0.3, -0.25) is 0 Å². The molecule has 0 N–H and O–H groups in total. The van der Waals surface area contributed by atoms with Crippen LogP contribution in [0, 0.1) is 11.8 Å². The van der Waals surface area contributed by atoms with Crippen LogP contribution in [0.4, 0.5) is 0 Å². The highest BCUT2D eigenvalue weighted by atomic mass is 32.1. The van der Waals surface area contributed by atoms with Crippen LogP contribution < -0.4 is 0 Å². The van der Waals surface area contributed by atoms with E-state index in [1.807, 2.05) is 0 Å². The third kappa shape index (κ3) is 0.540. The van der Waals surface area contributed by atoms with Crippen LogP contribution in [0.3, 0.4) is 0 Å². The molecule has 1 saturated carbocycles. The van der Waals surface area contributed by atoms with Crippen LogP contribution in [0.15, 0.2) is 12.2 Å². The molecular weight excluding hydrogens is 116 g/mol. The van der Waals surface area contributed by atoms with Crippen LogP contribution in [-0.2, 0) is 12.6 Å². The van der Waals surface area contributed by atoms with Gasteiger partial charge in [-0.05, 0) is 25.0 Å². The standard InChI is InChI=1S/C7H10S/c8-7-4-5-1-2-6(7)3-5/h1-2,5-8H,3-4H2/p+1. The van der Waals surface area contributed by atoms with Crippen LogP contribution >= 0.6 is 0 Å². The molecule has 0 spiro atoms. The Kier molecular flexibility index (Phi) is 0.944. The molecule has 0 amide bonds. The summed E-state index contributed by atoms with van der Waals surface area (Å²) in [5, 5.41) is 0.796. The number of fused-ring (bicyclic) bond motifs is 2. The van der Waals surface area contributed by atoms with Crippen LogP contribution in [0.5, 0.6) is 0 Å². The van der Waals surface area contributed by atoms with E-state index in [9.17, 15) is 0 Å². The zero-order valence-electron chi connectivity index (χ0n) is 4.80. The lowest BCUT2D eigenvalue weighted by Crippen LogP contribution is -2.08. The summed E-state index contributed by atoms with van der Waals surface area (Å²) in [5.41, 5.74) is 0. The Morgan fingerprint density at radius 3 is 2.38 bits per heavy atom. The van der Waals surface area contributed by atoms with Crippen molar-refractivity contribution in [1.29, 1.82) is 0 Å². The first kappa shape index (κ1) is 4.92. The van der Waals surface area contributed by atoms with Crippen LogP contribution in [-0.4, -0.2) is 5.25 Å². The van der Waals surface area contributed by atoms with E-state index in [4.69, 9.17) is 0 Å². The average molecular weight is 127 g/mol. The monoisotopic (exact) mass is 127 g/mol. The van der Waals surface area contributed by atoms with Gasteiger partial charge in [-0.25, -0.2) is 0 Å². The minimum atomic E-state index is 0.796. The molecule has 2 aliphatic carbocycles. The molecule has 3 unspecified atom stereocenters. The fraction of sp³-hybridized carbons (Fsp3) is 0.714. The first-order chi connectivity index (χ1) is 3.86. The lowest BCUT2D eigenvalue weighted by Gasteiger charge is -2.03. The van der Waals surface area contributed by atoms with Crippen molar-refractivity contribution in [1.82, 2.24) is 0 Å². The lowest BCUT2D eigenvalue weighted by atomic mass is 10.1. The van der Waals surface area contributed by atoms with Gasteiger partial charge in [0.1, 0.15) is 5.25 Å².